The predicted molar refractivity (Wildman–Crippen MR) is 75.6 cm³/mol. The fraction of sp³-hybridized carbons (Fsp3) is 0.600. The van der Waals surface area contributed by atoms with Crippen LogP contribution in [0.3, 0.4) is 0 Å². The highest BCUT2D eigenvalue weighted by Crippen LogP contribution is 2.19. The van der Waals surface area contributed by atoms with Gasteiger partial charge in [0.25, 0.3) is 5.89 Å². The standard InChI is InChI=1S/C10H16N6O2S.ClH/c1-11-4-8-13-14-10(16(8)2)19-6-7-12-9(5-17-3)18-15-7;/h11H,4-6H2,1-3H3;1H. The minimum atomic E-state index is 0. The number of hydrogen-bond acceptors (Lipinski definition) is 8. The van der Waals surface area contributed by atoms with Gasteiger partial charge in [-0.3, -0.25) is 0 Å². The Labute approximate surface area is 127 Å². The van der Waals surface area contributed by atoms with E-state index < -0.39 is 0 Å². The summed E-state index contributed by atoms with van der Waals surface area (Å²) >= 11 is 1.51. The number of hydrogen-bond donors (Lipinski definition) is 1. The molecule has 20 heavy (non-hydrogen) atoms. The van der Waals surface area contributed by atoms with Crippen LogP contribution in [0.4, 0.5) is 0 Å². The van der Waals surface area contributed by atoms with Crippen LogP contribution in [0.25, 0.3) is 0 Å². The highest BCUT2D eigenvalue weighted by atomic mass is 35.5. The van der Waals surface area contributed by atoms with E-state index in [4.69, 9.17) is 9.26 Å². The highest BCUT2D eigenvalue weighted by molar-refractivity contribution is 7.98. The van der Waals surface area contributed by atoms with Gasteiger partial charge in [0, 0.05) is 14.2 Å². The number of aromatic nitrogens is 5. The van der Waals surface area contributed by atoms with Crippen LogP contribution >= 0.6 is 24.2 Å². The smallest absolute Gasteiger partial charge is 0.252 e. The van der Waals surface area contributed by atoms with E-state index in [1.165, 1.54) is 11.8 Å². The molecule has 0 radical (unpaired) electrons. The van der Waals surface area contributed by atoms with Crippen LogP contribution in [0, 0.1) is 0 Å². The molecule has 1 N–H and O–H groups in total. The van der Waals surface area contributed by atoms with Crippen LogP contribution in [0.5, 0.6) is 0 Å². The van der Waals surface area contributed by atoms with Crippen molar-refractivity contribution in [2.45, 2.75) is 24.1 Å². The molecule has 112 valence electrons. The summed E-state index contributed by atoms with van der Waals surface area (Å²) in [7, 11) is 5.39. The molecule has 0 bridgehead atoms. The van der Waals surface area contributed by atoms with Gasteiger partial charge in [0.1, 0.15) is 12.4 Å². The first-order valence-corrected chi connectivity index (χ1v) is 6.69. The molecule has 0 saturated heterocycles. The number of nitrogens with one attached hydrogen (secondary N) is 1. The zero-order valence-electron chi connectivity index (χ0n) is 11.5. The Balaban J connectivity index is 0.00000200. The molecule has 10 heteroatoms. The normalized spacial score (nSPS) is 10.6. The first-order valence-electron chi connectivity index (χ1n) is 5.70. The quantitative estimate of drug-likeness (QED) is 0.748. The maximum atomic E-state index is 5.02. The summed E-state index contributed by atoms with van der Waals surface area (Å²) in [5.41, 5.74) is 0. The summed E-state index contributed by atoms with van der Waals surface area (Å²) < 4.78 is 11.9. The second-order valence-electron chi connectivity index (χ2n) is 3.81. The van der Waals surface area contributed by atoms with E-state index in [2.05, 4.69) is 25.7 Å². The lowest BCUT2D eigenvalue weighted by atomic mass is 10.6. The number of halogens is 1. The van der Waals surface area contributed by atoms with Crippen molar-refractivity contribution < 1.29 is 9.26 Å². The van der Waals surface area contributed by atoms with Gasteiger partial charge in [-0.1, -0.05) is 16.9 Å². The van der Waals surface area contributed by atoms with Crippen LogP contribution < -0.4 is 5.32 Å². The van der Waals surface area contributed by atoms with Gasteiger partial charge < -0.3 is 19.1 Å². The van der Waals surface area contributed by atoms with Crippen LogP contribution in [0.15, 0.2) is 9.68 Å². The molecule has 2 aromatic rings. The largest absolute Gasteiger partial charge is 0.375 e. The summed E-state index contributed by atoms with van der Waals surface area (Å²) in [6, 6.07) is 0. The number of thioether (sulfide) groups is 1. The van der Waals surface area contributed by atoms with E-state index in [0.29, 0.717) is 30.6 Å². The van der Waals surface area contributed by atoms with Gasteiger partial charge in [-0.2, -0.15) is 4.98 Å². The molecule has 0 atom stereocenters. The second kappa shape index (κ2) is 8.20. The molecule has 0 unspecified atom stereocenters. The maximum absolute atomic E-state index is 5.02. The molecule has 0 aliphatic heterocycles. The summed E-state index contributed by atoms with van der Waals surface area (Å²) in [4.78, 5) is 4.19. The third-order valence-electron chi connectivity index (χ3n) is 2.37. The average Bonchev–Trinajstić information content (AvgIpc) is 2.97. The van der Waals surface area contributed by atoms with Crippen molar-refractivity contribution in [2.75, 3.05) is 14.2 Å². The Morgan fingerprint density at radius 3 is 2.90 bits per heavy atom. The van der Waals surface area contributed by atoms with E-state index in [0.717, 1.165) is 11.0 Å². The third kappa shape index (κ3) is 4.17. The van der Waals surface area contributed by atoms with Crippen LogP contribution in [0.1, 0.15) is 17.5 Å². The number of nitrogens with zero attached hydrogens (tertiary/aromatic N) is 5. The van der Waals surface area contributed by atoms with Crippen molar-refractivity contribution in [3.05, 3.63) is 17.5 Å². The van der Waals surface area contributed by atoms with Crippen molar-refractivity contribution in [2.24, 2.45) is 7.05 Å². The molecule has 2 heterocycles. The lowest BCUT2D eigenvalue weighted by Gasteiger charge is -2.01. The van der Waals surface area contributed by atoms with E-state index in [-0.39, 0.29) is 12.4 Å². The number of rotatable bonds is 7. The first-order chi connectivity index (χ1) is 9.24. The topological polar surface area (TPSA) is 90.9 Å². The molecule has 0 fully saturated rings. The van der Waals surface area contributed by atoms with Crippen molar-refractivity contribution in [3.8, 4) is 0 Å². The Hall–Kier alpha value is -1.16. The fourth-order valence-electron chi connectivity index (χ4n) is 1.44. The molecule has 2 aromatic heterocycles. The zero-order valence-corrected chi connectivity index (χ0v) is 13.1. The monoisotopic (exact) mass is 320 g/mol. The summed E-state index contributed by atoms with van der Waals surface area (Å²) in [5.74, 6) is 2.57. The minimum Gasteiger partial charge on any atom is -0.375 e. The van der Waals surface area contributed by atoms with Crippen molar-refractivity contribution in [1.29, 1.82) is 0 Å². The number of ether oxygens (including phenoxy) is 1. The molecule has 0 aromatic carbocycles. The second-order valence-corrected chi connectivity index (χ2v) is 4.76. The van der Waals surface area contributed by atoms with Gasteiger partial charge in [-0.15, -0.1) is 22.6 Å². The Morgan fingerprint density at radius 2 is 2.20 bits per heavy atom. The summed E-state index contributed by atoms with van der Waals surface area (Å²) in [5, 5.41) is 15.9. The average molecular weight is 321 g/mol. The van der Waals surface area contributed by atoms with Gasteiger partial charge in [0.15, 0.2) is 11.0 Å². The Kier molecular flexibility index (Phi) is 6.93. The Bertz CT molecular complexity index is 532. The molecule has 8 nitrogen and oxygen atoms in total. The van der Waals surface area contributed by atoms with Gasteiger partial charge in [-0.05, 0) is 7.05 Å². The molecule has 2 rings (SSSR count). The lowest BCUT2D eigenvalue weighted by molar-refractivity contribution is 0.151. The lowest BCUT2D eigenvalue weighted by Crippen LogP contribution is -2.10. The fourth-order valence-corrected chi connectivity index (χ4v) is 2.22. The van der Waals surface area contributed by atoms with Gasteiger partial charge >= 0.3 is 0 Å². The maximum Gasteiger partial charge on any atom is 0.252 e. The molecule has 0 aliphatic carbocycles. The Morgan fingerprint density at radius 1 is 1.40 bits per heavy atom. The summed E-state index contributed by atoms with van der Waals surface area (Å²) in [6.45, 7) is 1.01. The van der Waals surface area contributed by atoms with Crippen LogP contribution in [-0.4, -0.2) is 39.1 Å². The van der Waals surface area contributed by atoms with E-state index in [1.807, 2.05) is 18.7 Å². The van der Waals surface area contributed by atoms with Crippen molar-refractivity contribution in [1.82, 2.24) is 30.2 Å². The van der Waals surface area contributed by atoms with Crippen LogP contribution in [0.2, 0.25) is 0 Å². The molecular formula is C10H17ClN6O2S. The van der Waals surface area contributed by atoms with Gasteiger partial charge in [0.2, 0.25) is 0 Å². The van der Waals surface area contributed by atoms with E-state index in [9.17, 15) is 0 Å². The summed E-state index contributed by atoms with van der Waals surface area (Å²) in [6.07, 6.45) is 0. The first kappa shape index (κ1) is 16.9. The third-order valence-corrected chi connectivity index (χ3v) is 3.38. The predicted octanol–water partition coefficient (Wildman–Crippen LogP) is 0.778. The van der Waals surface area contributed by atoms with Gasteiger partial charge in [-0.25, -0.2) is 0 Å². The molecule has 0 amide bonds. The van der Waals surface area contributed by atoms with Crippen molar-refractivity contribution >= 4 is 24.2 Å². The van der Waals surface area contributed by atoms with E-state index in [1.54, 1.807) is 7.11 Å². The number of methoxy groups -OCH3 is 1. The molecule has 0 aliphatic rings. The van der Waals surface area contributed by atoms with E-state index >= 15 is 0 Å². The molecule has 0 saturated carbocycles. The van der Waals surface area contributed by atoms with Gasteiger partial charge in [0.05, 0.1) is 12.3 Å². The minimum absolute atomic E-state index is 0. The molecule has 0 spiro atoms. The highest BCUT2D eigenvalue weighted by Gasteiger charge is 2.11. The van der Waals surface area contributed by atoms with Crippen LogP contribution in [-0.2, 0) is 30.7 Å². The van der Waals surface area contributed by atoms with Crippen molar-refractivity contribution in [3.63, 3.8) is 0 Å². The molecular weight excluding hydrogens is 304 g/mol. The zero-order chi connectivity index (χ0) is 13.7. The SMILES string of the molecule is CNCc1nnc(SCc2noc(COC)n2)n1C.Cl.